The highest BCUT2D eigenvalue weighted by Gasteiger charge is 2.29. The van der Waals surface area contributed by atoms with Crippen LogP contribution >= 0.6 is 0 Å². The minimum atomic E-state index is -2.24. The lowest BCUT2D eigenvalue weighted by Gasteiger charge is -2.25. The summed E-state index contributed by atoms with van der Waals surface area (Å²) in [5.74, 6) is -2.24. The van der Waals surface area contributed by atoms with Gasteiger partial charge in [0, 0.05) is 6.42 Å². The van der Waals surface area contributed by atoms with Crippen LogP contribution in [0.1, 0.15) is 31.4 Å². The van der Waals surface area contributed by atoms with Gasteiger partial charge in [-0.15, -0.1) is 0 Å². The van der Waals surface area contributed by atoms with Gasteiger partial charge >= 0.3 is 0 Å². The molecule has 2 rings (SSSR count). The van der Waals surface area contributed by atoms with Crippen molar-refractivity contribution in [2.24, 2.45) is 0 Å². The Morgan fingerprint density at radius 3 is 2.67 bits per heavy atom. The molecule has 0 saturated heterocycles. The van der Waals surface area contributed by atoms with E-state index in [1.165, 1.54) is 6.08 Å². The highest BCUT2D eigenvalue weighted by atomic mass is 19.2. The number of hydrogen-bond donors (Lipinski definition) is 2. The smallest absolute Gasteiger partial charge is 0.230 e. The molecule has 1 atom stereocenters. The van der Waals surface area contributed by atoms with Crippen molar-refractivity contribution in [1.82, 2.24) is 0 Å². The Morgan fingerprint density at radius 1 is 1.33 bits per heavy atom. The van der Waals surface area contributed by atoms with Gasteiger partial charge in [-0.1, -0.05) is 23.8 Å². The molecule has 2 nitrogen and oxygen atoms in total. The van der Waals surface area contributed by atoms with Crippen molar-refractivity contribution in [2.75, 3.05) is 0 Å². The Morgan fingerprint density at radius 2 is 2.06 bits per heavy atom. The van der Waals surface area contributed by atoms with Gasteiger partial charge in [-0.3, -0.25) is 0 Å². The van der Waals surface area contributed by atoms with Gasteiger partial charge in [0.25, 0.3) is 0 Å². The first-order chi connectivity index (χ1) is 8.43. The maximum absolute atomic E-state index is 13.6. The molecule has 0 spiro atoms. The van der Waals surface area contributed by atoms with E-state index in [9.17, 15) is 9.50 Å². The van der Waals surface area contributed by atoms with E-state index in [1.54, 1.807) is 6.92 Å². The molecule has 0 radical (unpaired) electrons. The maximum atomic E-state index is 13.6. The highest BCUT2D eigenvalue weighted by molar-refractivity contribution is 5.82. The molecule has 0 amide bonds. The molecule has 1 aliphatic rings. The fourth-order valence-electron chi connectivity index (χ4n) is 2.55. The largest absolute Gasteiger partial charge is 0.392 e. The number of alkyl halides is 1. The van der Waals surface area contributed by atoms with Crippen molar-refractivity contribution in [3.8, 4) is 0 Å². The zero-order valence-corrected chi connectivity index (χ0v) is 10.6. The molecule has 18 heavy (non-hydrogen) atoms. The van der Waals surface area contributed by atoms with Crippen LogP contribution in [-0.4, -0.2) is 16.1 Å². The van der Waals surface area contributed by atoms with E-state index in [0.29, 0.717) is 0 Å². The molecule has 3 heteroatoms. The first-order valence-electron chi connectivity index (χ1n) is 5.94. The van der Waals surface area contributed by atoms with E-state index in [2.05, 4.69) is 0 Å². The molecule has 0 aliphatic heterocycles. The first kappa shape index (κ1) is 13.0. The van der Waals surface area contributed by atoms with Gasteiger partial charge in [0.1, 0.15) is 0 Å². The molecule has 1 aromatic rings. The second-order valence-corrected chi connectivity index (χ2v) is 4.84. The molecule has 0 heterocycles. The van der Waals surface area contributed by atoms with Crippen LogP contribution in [0.5, 0.6) is 0 Å². The zero-order valence-electron chi connectivity index (χ0n) is 10.6. The summed E-state index contributed by atoms with van der Waals surface area (Å²) in [6.45, 7) is 3.59. The van der Waals surface area contributed by atoms with E-state index in [4.69, 9.17) is 5.11 Å². The van der Waals surface area contributed by atoms with Crippen LogP contribution in [-0.2, 0) is 6.61 Å². The van der Waals surface area contributed by atoms with Crippen LogP contribution in [0.4, 0.5) is 4.39 Å². The second kappa shape index (κ2) is 4.67. The molecule has 0 fully saturated rings. The van der Waals surface area contributed by atoms with Gasteiger partial charge in [-0.2, -0.15) is 0 Å². The molecule has 1 aromatic carbocycles. The maximum Gasteiger partial charge on any atom is 0.230 e. The summed E-state index contributed by atoms with van der Waals surface area (Å²) in [6, 6.07) is 7.52. The number of benzene rings is 1. The quantitative estimate of drug-likeness (QED) is 0.844. The summed E-state index contributed by atoms with van der Waals surface area (Å²) in [4.78, 5) is 0. The molecule has 2 N–H and O–H groups in total. The monoisotopic (exact) mass is 248 g/mol. The molecule has 1 aliphatic carbocycles. The first-order valence-corrected chi connectivity index (χ1v) is 5.94. The predicted molar refractivity (Wildman–Crippen MR) is 69.4 cm³/mol. The number of aliphatic hydroxyl groups excluding tert-OH is 1. The zero-order chi connectivity index (χ0) is 13.3. The lowest BCUT2D eigenvalue weighted by molar-refractivity contribution is -0.0412. The number of allylic oxidation sites excluding steroid dienone is 2. The normalized spacial score (nSPS) is 24.2. The predicted octanol–water partition coefficient (Wildman–Crippen LogP) is 2.96. The van der Waals surface area contributed by atoms with Crippen LogP contribution in [0, 0.1) is 0 Å². The van der Waals surface area contributed by atoms with Crippen molar-refractivity contribution < 1.29 is 14.6 Å². The summed E-state index contributed by atoms with van der Waals surface area (Å²) < 4.78 is 13.6. The lowest BCUT2D eigenvalue weighted by Crippen LogP contribution is -2.23. The summed E-state index contributed by atoms with van der Waals surface area (Å²) in [6.07, 6.45) is 1.24. The number of aliphatic hydroxyl groups is 2. The van der Waals surface area contributed by atoms with Gasteiger partial charge in [-0.05, 0) is 48.3 Å². The Kier molecular flexibility index (Phi) is 3.37. The van der Waals surface area contributed by atoms with E-state index in [1.807, 2.05) is 31.2 Å². The number of rotatable bonds is 2. The molecule has 0 aromatic heterocycles. The van der Waals surface area contributed by atoms with Crippen molar-refractivity contribution in [1.29, 1.82) is 0 Å². The molecule has 96 valence electrons. The number of halogens is 1. The van der Waals surface area contributed by atoms with Crippen LogP contribution in [0.25, 0.3) is 5.57 Å². The Balaban J connectivity index is 2.47. The van der Waals surface area contributed by atoms with Gasteiger partial charge in [0.05, 0.1) is 6.61 Å². The van der Waals surface area contributed by atoms with E-state index in [-0.39, 0.29) is 13.0 Å². The average Bonchev–Trinajstić information content (AvgIpc) is 2.26. The van der Waals surface area contributed by atoms with Crippen LogP contribution in [0.2, 0.25) is 0 Å². The van der Waals surface area contributed by atoms with Crippen molar-refractivity contribution in [3.05, 3.63) is 52.6 Å². The molecular formula is C15H17FO2. The molecule has 1 unspecified atom stereocenters. The number of hydrogen-bond acceptors (Lipinski definition) is 2. The van der Waals surface area contributed by atoms with Crippen LogP contribution in [0.15, 0.2) is 41.5 Å². The molecule has 0 bridgehead atoms. The Bertz CT molecular complexity index is 527. The third-order valence-corrected chi connectivity index (χ3v) is 3.17. The van der Waals surface area contributed by atoms with Gasteiger partial charge < -0.3 is 10.2 Å². The van der Waals surface area contributed by atoms with Crippen molar-refractivity contribution in [3.63, 3.8) is 0 Å². The van der Waals surface area contributed by atoms with Gasteiger partial charge in [0.15, 0.2) is 0 Å². The van der Waals surface area contributed by atoms with Crippen LogP contribution < -0.4 is 0 Å². The van der Waals surface area contributed by atoms with Gasteiger partial charge in [0.2, 0.25) is 5.85 Å². The molecular weight excluding hydrogens is 231 g/mol. The average molecular weight is 248 g/mol. The topological polar surface area (TPSA) is 40.5 Å². The minimum absolute atomic E-state index is 0.0109. The Hall–Kier alpha value is -1.45. The third kappa shape index (κ3) is 2.52. The van der Waals surface area contributed by atoms with E-state index in [0.717, 1.165) is 27.8 Å². The van der Waals surface area contributed by atoms with Gasteiger partial charge in [-0.25, -0.2) is 4.39 Å². The summed E-state index contributed by atoms with van der Waals surface area (Å²) in [5, 5.41) is 18.6. The van der Waals surface area contributed by atoms with E-state index < -0.39 is 5.85 Å². The fourth-order valence-corrected chi connectivity index (χ4v) is 2.55. The summed E-state index contributed by atoms with van der Waals surface area (Å²) >= 11 is 0. The summed E-state index contributed by atoms with van der Waals surface area (Å²) in [5.41, 5.74) is 4.26. The fraction of sp³-hybridized carbons (Fsp3) is 0.333. The molecule has 0 saturated carbocycles. The highest BCUT2D eigenvalue weighted by Crippen LogP contribution is 2.37. The lowest BCUT2D eigenvalue weighted by atomic mass is 9.85. The van der Waals surface area contributed by atoms with Crippen molar-refractivity contribution >= 4 is 5.57 Å². The minimum Gasteiger partial charge on any atom is -0.392 e. The van der Waals surface area contributed by atoms with Crippen LogP contribution in [0.3, 0.4) is 0 Å². The van der Waals surface area contributed by atoms with E-state index >= 15 is 0 Å². The third-order valence-electron chi connectivity index (χ3n) is 3.17. The standard InChI is InChI=1S/C15H17FO2/c1-10-7-15(16,18)8-11(2)14(10)13-5-3-4-12(6-13)9-17/h3-7,17-18H,8-9H2,1-2H3. The Labute approximate surface area is 106 Å². The summed E-state index contributed by atoms with van der Waals surface area (Å²) in [7, 11) is 0. The SMILES string of the molecule is CC1=CC(O)(F)CC(C)=C1c1cccc(CO)c1. The second-order valence-electron chi connectivity index (χ2n) is 4.84. The van der Waals surface area contributed by atoms with Crippen molar-refractivity contribution in [2.45, 2.75) is 32.7 Å².